The molecule has 0 saturated heterocycles. The van der Waals surface area contributed by atoms with Crippen molar-refractivity contribution in [2.24, 2.45) is 0 Å². The van der Waals surface area contributed by atoms with Crippen LogP contribution < -0.4 is 10.2 Å². The van der Waals surface area contributed by atoms with Crippen molar-refractivity contribution < 1.29 is 9.53 Å². The van der Waals surface area contributed by atoms with E-state index in [-0.39, 0.29) is 5.97 Å². The Morgan fingerprint density at radius 1 is 1.24 bits per heavy atom. The zero-order valence-electron chi connectivity index (χ0n) is 12.5. The van der Waals surface area contributed by atoms with Gasteiger partial charge in [-0.1, -0.05) is 12.1 Å². The minimum atomic E-state index is -0.356. The highest BCUT2D eigenvalue weighted by Gasteiger charge is 2.08. The van der Waals surface area contributed by atoms with Gasteiger partial charge in [-0.15, -0.1) is 0 Å². The smallest absolute Gasteiger partial charge is 0.339 e. The maximum Gasteiger partial charge on any atom is 0.339 e. The number of pyridine rings is 1. The molecular formula is C16H19N3O2. The van der Waals surface area contributed by atoms with Crippen molar-refractivity contribution in [1.29, 1.82) is 0 Å². The fourth-order valence-corrected chi connectivity index (χ4v) is 1.91. The minimum absolute atomic E-state index is 0.356. The molecular weight excluding hydrogens is 266 g/mol. The molecule has 1 aromatic carbocycles. The van der Waals surface area contributed by atoms with Gasteiger partial charge in [-0.25, -0.2) is 9.78 Å². The number of anilines is 3. The molecule has 21 heavy (non-hydrogen) atoms. The second kappa shape index (κ2) is 6.74. The molecule has 0 spiro atoms. The van der Waals surface area contributed by atoms with Gasteiger partial charge in [-0.05, 0) is 31.2 Å². The second-order valence-corrected chi connectivity index (χ2v) is 4.69. The van der Waals surface area contributed by atoms with Crippen LogP contribution in [-0.4, -0.2) is 31.7 Å². The Balaban J connectivity index is 2.16. The maximum absolute atomic E-state index is 11.6. The number of carbonyl (C=O) groups excluding carboxylic acids is 1. The molecule has 5 nitrogen and oxygen atoms in total. The molecule has 2 rings (SSSR count). The van der Waals surface area contributed by atoms with Gasteiger partial charge < -0.3 is 15.0 Å². The summed E-state index contributed by atoms with van der Waals surface area (Å²) < 4.78 is 4.93. The number of hydrogen-bond acceptors (Lipinski definition) is 5. The van der Waals surface area contributed by atoms with Crippen molar-refractivity contribution in [2.75, 3.05) is 30.9 Å². The van der Waals surface area contributed by atoms with Crippen molar-refractivity contribution in [3.63, 3.8) is 0 Å². The van der Waals surface area contributed by atoms with E-state index in [9.17, 15) is 4.79 Å². The molecule has 1 N–H and O–H groups in total. The molecule has 0 aliphatic carbocycles. The minimum Gasteiger partial charge on any atom is -0.462 e. The number of benzene rings is 1. The standard InChI is InChI=1S/C16H19N3O2/c1-4-21-16(20)12-9-10-15(17-11-12)18-13-7-5-6-8-14(13)19(2)3/h5-11H,4H2,1-3H3,(H,17,18). The van der Waals surface area contributed by atoms with Crippen LogP contribution in [0.15, 0.2) is 42.6 Å². The number of aromatic nitrogens is 1. The molecule has 0 aliphatic rings. The lowest BCUT2D eigenvalue weighted by Gasteiger charge is -2.18. The lowest BCUT2D eigenvalue weighted by Crippen LogP contribution is -2.11. The van der Waals surface area contributed by atoms with Crippen LogP contribution in [0.5, 0.6) is 0 Å². The molecule has 110 valence electrons. The van der Waals surface area contributed by atoms with Gasteiger partial charge in [0.05, 0.1) is 23.5 Å². The molecule has 0 atom stereocenters. The topological polar surface area (TPSA) is 54.5 Å². The normalized spacial score (nSPS) is 10.0. The first kappa shape index (κ1) is 14.8. The highest BCUT2D eigenvalue weighted by atomic mass is 16.5. The Kier molecular flexibility index (Phi) is 4.77. The third-order valence-corrected chi connectivity index (χ3v) is 2.92. The summed E-state index contributed by atoms with van der Waals surface area (Å²) in [7, 11) is 3.97. The van der Waals surface area contributed by atoms with E-state index in [1.54, 1.807) is 19.1 Å². The molecule has 0 radical (unpaired) electrons. The van der Waals surface area contributed by atoms with E-state index < -0.39 is 0 Å². The zero-order valence-corrected chi connectivity index (χ0v) is 12.5. The highest BCUT2D eigenvalue weighted by Crippen LogP contribution is 2.26. The summed E-state index contributed by atoms with van der Waals surface area (Å²) in [6, 6.07) is 11.4. The van der Waals surface area contributed by atoms with Crippen LogP contribution in [0.25, 0.3) is 0 Å². The molecule has 0 bridgehead atoms. The van der Waals surface area contributed by atoms with Gasteiger partial charge in [0.1, 0.15) is 5.82 Å². The molecule has 1 aromatic heterocycles. The third kappa shape index (κ3) is 3.72. The van der Waals surface area contributed by atoms with Crippen LogP contribution in [0.1, 0.15) is 17.3 Å². The molecule has 1 heterocycles. The number of nitrogens with zero attached hydrogens (tertiary/aromatic N) is 2. The van der Waals surface area contributed by atoms with Crippen LogP contribution >= 0.6 is 0 Å². The van der Waals surface area contributed by atoms with Crippen LogP contribution in [0.3, 0.4) is 0 Å². The number of rotatable bonds is 5. The number of nitrogens with one attached hydrogen (secondary N) is 1. The average Bonchev–Trinajstić information content (AvgIpc) is 2.48. The quantitative estimate of drug-likeness (QED) is 0.856. The predicted octanol–water partition coefficient (Wildman–Crippen LogP) is 3.07. The summed E-state index contributed by atoms with van der Waals surface area (Å²) in [4.78, 5) is 17.8. The first-order valence-corrected chi connectivity index (χ1v) is 6.78. The van der Waals surface area contributed by atoms with Gasteiger partial charge in [0, 0.05) is 20.3 Å². The van der Waals surface area contributed by atoms with Crippen LogP contribution in [0.4, 0.5) is 17.2 Å². The van der Waals surface area contributed by atoms with E-state index in [0.29, 0.717) is 18.0 Å². The number of ether oxygens (including phenoxy) is 1. The predicted molar refractivity (Wildman–Crippen MR) is 84.2 cm³/mol. The lowest BCUT2D eigenvalue weighted by atomic mass is 10.2. The largest absolute Gasteiger partial charge is 0.462 e. The Labute approximate surface area is 124 Å². The van der Waals surface area contributed by atoms with E-state index in [2.05, 4.69) is 10.3 Å². The van der Waals surface area contributed by atoms with Crippen molar-refractivity contribution in [3.8, 4) is 0 Å². The molecule has 2 aromatic rings. The summed E-state index contributed by atoms with van der Waals surface area (Å²) >= 11 is 0. The first-order chi connectivity index (χ1) is 10.1. The van der Waals surface area contributed by atoms with Crippen LogP contribution in [0, 0.1) is 0 Å². The molecule has 0 amide bonds. The number of esters is 1. The molecule has 0 fully saturated rings. The van der Waals surface area contributed by atoms with E-state index in [4.69, 9.17) is 4.74 Å². The molecule has 0 saturated carbocycles. The lowest BCUT2D eigenvalue weighted by molar-refractivity contribution is 0.0526. The molecule has 0 unspecified atom stereocenters. The van der Waals surface area contributed by atoms with Crippen LogP contribution in [-0.2, 0) is 4.74 Å². The average molecular weight is 285 g/mol. The second-order valence-electron chi connectivity index (χ2n) is 4.69. The molecule has 0 aliphatic heterocycles. The Morgan fingerprint density at radius 3 is 2.62 bits per heavy atom. The van der Waals surface area contributed by atoms with Crippen LogP contribution in [0.2, 0.25) is 0 Å². The summed E-state index contributed by atoms with van der Waals surface area (Å²) in [6.45, 7) is 2.13. The van der Waals surface area contributed by atoms with Crippen molar-refractivity contribution in [1.82, 2.24) is 4.98 Å². The highest BCUT2D eigenvalue weighted by molar-refractivity contribution is 5.89. The van der Waals surface area contributed by atoms with E-state index >= 15 is 0 Å². The Hall–Kier alpha value is -2.56. The van der Waals surface area contributed by atoms with Gasteiger partial charge in [0.15, 0.2) is 0 Å². The van der Waals surface area contributed by atoms with Gasteiger partial charge in [-0.3, -0.25) is 0 Å². The van der Waals surface area contributed by atoms with E-state index in [1.807, 2.05) is 43.3 Å². The summed E-state index contributed by atoms with van der Waals surface area (Å²) in [5.74, 6) is 0.322. The first-order valence-electron chi connectivity index (χ1n) is 6.78. The van der Waals surface area contributed by atoms with Crippen molar-refractivity contribution in [2.45, 2.75) is 6.92 Å². The van der Waals surface area contributed by atoms with Gasteiger partial charge in [-0.2, -0.15) is 0 Å². The van der Waals surface area contributed by atoms with Gasteiger partial charge in [0.25, 0.3) is 0 Å². The number of carbonyl (C=O) groups is 1. The van der Waals surface area contributed by atoms with E-state index in [0.717, 1.165) is 11.4 Å². The number of hydrogen-bond donors (Lipinski definition) is 1. The maximum atomic E-state index is 11.6. The monoisotopic (exact) mass is 285 g/mol. The number of para-hydroxylation sites is 2. The fourth-order valence-electron chi connectivity index (χ4n) is 1.91. The van der Waals surface area contributed by atoms with E-state index in [1.165, 1.54) is 6.20 Å². The summed E-state index contributed by atoms with van der Waals surface area (Å²) in [6.07, 6.45) is 1.51. The Morgan fingerprint density at radius 2 is 2.00 bits per heavy atom. The van der Waals surface area contributed by atoms with Gasteiger partial charge >= 0.3 is 5.97 Å². The van der Waals surface area contributed by atoms with Crippen molar-refractivity contribution in [3.05, 3.63) is 48.2 Å². The SMILES string of the molecule is CCOC(=O)c1ccc(Nc2ccccc2N(C)C)nc1. The third-order valence-electron chi connectivity index (χ3n) is 2.92. The van der Waals surface area contributed by atoms with Gasteiger partial charge in [0.2, 0.25) is 0 Å². The Bertz CT molecular complexity index is 609. The summed E-state index contributed by atoms with van der Waals surface area (Å²) in [5.41, 5.74) is 2.47. The van der Waals surface area contributed by atoms with Crippen molar-refractivity contribution >= 4 is 23.2 Å². The fraction of sp³-hybridized carbons (Fsp3) is 0.250. The molecule has 5 heteroatoms. The zero-order chi connectivity index (χ0) is 15.2. The summed E-state index contributed by atoms with van der Waals surface area (Å²) in [5, 5.41) is 3.25.